The van der Waals surface area contributed by atoms with Gasteiger partial charge >= 0.3 is 0 Å². The lowest BCUT2D eigenvalue weighted by atomic mass is 9.71. The molecule has 3 heteroatoms. The molecule has 1 heterocycles. The molecule has 2 rings (SSSR count). The fourth-order valence-electron chi connectivity index (χ4n) is 2.80. The molecule has 1 aliphatic carbocycles. The van der Waals surface area contributed by atoms with E-state index in [1.54, 1.807) is 6.07 Å². The minimum atomic E-state index is -0.414. The number of rotatable bonds is 2. The lowest BCUT2D eigenvalue weighted by Crippen LogP contribution is -2.31. The topological polar surface area (TPSA) is 24.9 Å². The van der Waals surface area contributed by atoms with Crippen LogP contribution in [-0.4, -0.2) is 11.0 Å². The van der Waals surface area contributed by atoms with Crippen molar-refractivity contribution < 1.29 is 4.39 Å². The van der Waals surface area contributed by atoms with Gasteiger partial charge in [0.2, 0.25) is 5.95 Å². The van der Waals surface area contributed by atoms with E-state index < -0.39 is 5.95 Å². The Morgan fingerprint density at radius 2 is 1.83 bits per heavy atom. The molecule has 0 amide bonds. The third-order valence-electron chi connectivity index (χ3n) is 4.02. The van der Waals surface area contributed by atoms with Crippen molar-refractivity contribution in [1.29, 1.82) is 0 Å². The van der Waals surface area contributed by atoms with E-state index >= 15 is 0 Å². The summed E-state index contributed by atoms with van der Waals surface area (Å²) in [6, 6.07) is 5.35. The summed E-state index contributed by atoms with van der Waals surface area (Å²) in [7, 11) is 0. The lowest BCUT2D eigenvalue weighted by Gasteiger charge is -2.37. The van der Waals surface area contributed by atoms with Gasteiger partial charge in [0.05, 0.1) is 0 Å². The Labute approximate surface area is 109 Å². The zero-order valence-electron chi connectivity index (χ0n) is 11.5. The summed E-state index contributed by atoms with van der Waals surface area (Å²) in [6.07, 6.45) is 4.80. The largest absolute Gasteiger partial charge is 0.367 e. The molecule has 1 aliphatic rings. The molecular formula is C15H23FN2. The van der Waals surface area contributed by atoms with Crippen LogP contribution < -0.4 is 5.32 Å². The fourth-order valence-corrected chi connectivity index (χ4v) is 2.80. The normalized spacial score (nSPS) is 24.9. The van der Waals surface area contributed by atoms with Gasteiger partial charge in [-0.1, -0.05) is 26.8 Å². The molecule has 1 saturated carbocycles. The van der Waals surface area contributed by atoms with E-state index in [1.807, 2.05) is 6.07 Å². The molecule has 2 nitrogen and oxygen atoms in total. The molecule has 0 radical (unpaired) electrons. The first-order valence-corrected chi connectivity index (χ1v) is 6.84. The van der Waals surface area contributed by atoms with Gasteiger partial charge in [-0.2, -0.15) is 4.39 Å². The zero-order chi connectivity index (χ0) is 13.2. The molecule has 1 fully saturated rings. The standard InChI is InChI=1S/C15H23FN2/c1-15(2,3)11-7-9-12(10-8-11)17-14-6-4-5-13(16)18-14/h4-6,11-12H,7-10H2,1-3H3,(H,17,18). The highest BCUT2D eigenvalue weighted by Gasteiger charge is 2.29. The van der Waals surface area contributed by atoms with E-state index in [1.165, 1.54) is 18.9 Å². The van der Waals surface area contributed by atoms with Crippen LogP contribution in [0.3, 0.4) is 0 Å². The Balaban J connectivity index is 1.87. The average Bonchev–Trinajstić information content (AvgIpc) is 2.28. The molecule has 0 saturated heterocycles. The van der Waals surface area contributed by atoms with E-state index in [9.17, 15) is 4.39 Å². The molecule has 0 unspecified atom stereocenters. The molecular weight excluding hydrogens is 227 g/mol. The van der Waals surface area contributed by atoms with Crippen molar-refractivity contribution in [3.63, 3.8) is 0 Å². The van der Waals surface area contributed by atoms with Gasteiger partial charge in [0.15, 0.2) is 0 Å². The number of nitrogens with one attached hydrogen (secondary N) is 1. The number of pyridine rings is 1. The van der Waals surface area contributed by atoms with Crippen molar-refractivity contribution in [3.8, 4) is 0 Å². The van der Waals surface area contributed by atoms with Gasteiger partial charge < -0.3 is 5.32 Å². The van der Waals surface area contributed by atoms with Crippen molar-refractivity contribution in [2.75, 3.05) is 5.32 Å². The quantitative estimate of drug-likeness (QED) is 0.794. The van der Waals surface area contributed by atoms with Gasteiger partial charge in [0, 0.05) is 6.04 Å². The van der Waals surface area contributed by atoms with Crippen molar-refractivity contribution in [1.82, 2.24) is 4.98 Å². The number of hydrogen-bond acceptors (Lipinski definition) is 2. The predicted octanol–water partition coefficient (Wildman–Crippen LogP) is 4.24. The second-order valence-electron chi connectivity index (χ2n) is 6.40. The molecule has 100 valence electrons. The number of aromatic nitrogens is 1. The zero-order valence-corrected chi connectivity index (χ0v) is 11.5. The van der Waals surface area contributed by atoms with Crippen LogP contribution in [0.4, 0.5) is 10.2 Å². The highest BCUT2D eigenvalue weighted by atomic mass is 19.1. The van der Waals surface area contributed by atoms with Crippen LogP contribution in [0.5, 0.6) is 0 Å². The van der Waals surface area contributed by atoms with Crippen molar-refractivity contribution in [2.24, 2.45) is 11.3 Å². The Hall–Kier alpha value is -1.12. The van der Waals surface area contributed by atoms with Crippen LogP contribution in [0, 0.1) is 17.3 Å². The number of anilines is 1. The lowest BCUT2D eigenvalue weighted by molar-refractivity contribution is 0.173. The van der Waals surface area contributed by atoms with Crippen LogP contribution in [0.1, 0.15) is 46.5 Å². The molecule has 0 atom stereocenters. The molecule has 0 bridgehead atoms. The molecule has 18 heavy (non-hydrogen) atoms. The minimum absolute atomic E-state index is 0.405. The third-order valence-corrected chi connectivity index (χ3v) is 4.02. The van der Waals surface area contributed by atoms with E-state index in [4.69, 9.17) is 0 Å². The molecule has 1 aromatic rings. The predicted molar refractivity (Wildman–Crippen MR) is 73.0 cm³/mol. The van der Waals surface area contributed by atoms with Gasteiger partial charge in [-0.3, -0.25) is 0 Å². The van der Waals surface area contributed by atoms with Crippen LogP contribution in [0.15, 0.2) is 18.2 Å². The molecule has 0 aromatic carbocycles. The summed E-state index contributed by atoms with van der Waals surface area (Å²) in [5.41, 5.74) is 0.405. The van der Waals surface area contributed by atoms with E-state index in [0.29, 0.717) is 17.3 Å². The van der Waals surface area contributed by atoms with Gasteiger partial charge in [-0.05, 0) is 49.1 Å². The minimum Gasteiger partial charge on any atom is -0.367 e. The summed E-state index contributed by atoms with van der Waals surface area (Å²) < 4.78 is 13.0. The monoisotopic (exact) mass is 250 g/mol. The van der Waals surface area contributed by atoms with Crippen LogP contribution in [0.2, 0.25) is 0 Å². The molecule has 0 spiro atoms. The van der Waals surface area contributed by atoms with Crippen LogP contribution in [-0.2, 0) is 0 Å². The van der Waals surface area contributed by atoms with Gasteiger partial charge in [0.1, 0.15) is 5.82 Å². The third kappa shape index (κ3) is 3.44. The Kier molecular flexibility index (Phi) is 3.88. The maximum atomic E-state index is 13.0. The maximum Gasteiger partial charge on any atom is 0.214 e. The van der Waals surface area contributed by atoms with E-state index in [0.717, 1.165) is 18.8 Å². The number of hydrogen-bond donors (Lipinski definition) is 1. The van der Waals surface area contributed by atoms with Crippen LogP contribution in [0.25, 0.3) is 0 Å². The molecule has 1 aromatic heterocycles. The molecule has 1 N–H and O–H groups in total. The van der Waals surface area contributed by atoms with E-state index in [2.05, 4.69) is 31.1 Å². The average molecular weight is 250 g/mol. The van der Waals surface area contributed by atoms with Crippen molar-refractivity contribution in [3.05, 3.63) is 24.1 Å². The van der Waals surface area contributed by atoms with E-state index in [-0.39, 0.29) is 0 Å². The SMILES string of the molecule is CC(C)(C)C1CCC(Nc2cccc(F)n2)CC1. The molecule has 0 aliphatic heterocycles. The summed E-state index contributed by atoms with van der Waals surface area (Å²) in [5.74, 6) is 1.05. The second kappa shape index (κ2) is 5.25. The summed E-state index contributed by atoms with van der Waals surface area (Å²) >= 11 is 0. The highest BCUT2D eigenvalue weighted by molar-refractivity contribution is 5.34. The number of nitrogens with zero attached hydrogens (tertiary/aromatic N) is 1. The summed E-state index contributed by atoms with van der Waals surface area (Å²) in [5, 5.41) is 3.34. The first kappa shape index (κ1) is 13.3. The van der Waals surface area contributed by atoms with Gasteiger partial charge in [-0.25, -0.2) is 4.98 Å². The van der Waals surface area contributed by atoms with Crippen LogP contribution >= 0.6 is 0 Å². The fraction of sp³-hybridized carbons (Fsp3) is 0.667. The van der Waals surface area contributed by atoms with Crippen molar-refractivity contribution in [2.45, 2.75) is 52.5 Å². The maximum absolute atomic E-state index is 13.0. The van der Waals surface area contributed by atoms with Gasteiger partial charge in [-0.15, -0.1) is 0 Å². The summed E-state index contributed by atoms with van der Waals surface area (Å²) in [6.45, 7) is 6.96. The Bertz CT molecular complexity index is 390. The Morgan fingerprint density at radius 3 is 2.39 bits per heavy atom. The smallest absolute Gasteiger partial charge is 0.214 e. The number of halogens is 1. The van der Waals surface area contributed by atoms with Gasteiger partial charge in [0.25, 0.3) is 0 Å². The van der Waals surface area contributed by atoms with Crippen molar-refractivity contribution >= 4 is 5.82 Å². The Morgan fingerprint density at radius 1 is 1.17 bits per heavy atom. The summed E-state index contributed by atoms with van der Waals surface area (Å²) in [4.78, 5) is 3.86. The second-order valence-corrected chi connectivity index (χ2v) is 6.40. The first-order chi connectivity index (χ1) is 8.45. The first-order valence-electron chi connectivity index (χ1n) is 6.84. The highest BCUT2D eigenvalue weighted by Crippen LogP contribution is 2.38.